The minimum Gasteiger partial charge on any atom is -0.399 e. The molecule has 0 saturated carbocycles. The van der Waals surface area contributed by atoms with Crippen molar-refractivity contribution in [1.82, 2.24) is 10.2 Å². The molecule has 1 saturated heterocycles. The maximum atomic E-state index is 11.9. The van der Waals surface area contributed by atoms with Gasteiger partial charge in [-0.05, 0) is 50.6 Å². The predicted octanol–water partition coefficient (Wildman–Crippen LogP) is 1.80. The van der Waals surface area contributed by atoms with E-state index in [2.05, 4.69) is 17.3 Å². The third-order valence-corrected chi connectivity index (χ3v) is 4.05. The van der Waals surface area contributed by atoms with Crippen molar-refractivity contribution >= 4 is 11.6 Å². The van der Waals surface area contributed by atoms with Gasteiger partial charge in [0.2, 0.25) is 5.91 Å². The summed E-state index contributed by atoms with van der Waals surface area (Å²) in [6.45, 7) is 1.91. The Labute approximate surface area is 121 Å². The number of nitrogen functional groups attached to an aromatic ring is 1. The van der Waals surface area contributed by atoms with Crippen LogP contribution in [0, 0.1) is 0 Å². The standard InChI is InChI=1S/C16H25N3O/c1-19-10-3-2-7-15(19)12-18-16(20)9-8-13-5-4-6-14(17)11-13/h4-6,11,15H,2-3,7-10,12,17H2,1H3,(H,18,20). The number of nitrogens with two attached hydrogens (primary N) is 1. The highest BCUT2D eigenvalue weighted by atomic mass is 16.1. The van der Waals surface area contributed by atoms with Crippen molar-refractivity contribution in [1.29, 1.82) is 0 Å². The van der Waals surface area contributed by atoms with Gasteiger partial charge in [0.15, 0.2) is 0 Å². The van der Waals surface area contributed by atoms with Crippen molar-refractivity contribution in [2.45, 2.75) is 38.1 Å². The van der Waals surface area contributed by atoms with Crippen LogP contribution in [-0.2, 0) is 11.2 Å². The zero-order chi connectivity index (χ0) is 14.4. The SMILES string of the molecule is CN1CCCCC1CNC(=O)CCc1cccc(N)c1. The molecule has 2 rings (SSSR count). The number of aryl methyl sites for hydroxylation is 1. The molecule has 1 atom stereocenters. The molecule has 0 aromatic heterocycles. The smallest absolute Gasteiger partial charge is 0.220 e. The molecular formula is C16H25N3O. The molecule has 0 bridgehead atoms. The second kappa shape index (κ2) is 7.29. The maximum Gasteiger partial charge on any atom is 0.220 e. The average Bonchev–Trinajstić information content (AvgIpc) is 2.44. The fourth-order valence-corrected chi connectivity index (χ4v) is 2.73. The fraction of sp³-hybridized carbons (Fsp3) is 0.562. The molecule has 1 aromatic rings. The van der Waals surface area contributed by atoms with Crippen molar-refractivity contribution in [3.05, 3.63) is 29.8 Å². The third-order valence-electron chi connectivity index (χ3n) is 4.05. The highest BCUT2D eigenvalue weighted by Gasteiger charge is 2.18. The van der Waals surface area contributed by atoms with E-state index in [1.165, 1.54) is 19.3 Å². The van der Waals surface area contributed by atoms with Gasteiger partial charge in [0.1, 0.15) is 0 Å². The van der Waals surface area contributed by atoms with Crippen molar-refractivity contribution in [3.63, 3.8) is 0 Å². The van der Waals surface area contributed by atoms with Gasteiger partial charge in [0.25, 0.3) is 0 Å². The Kier molecular flexibility index (Phi) is 5.41. The van der Waals surface area contributed by atoms with E-state index in [1.54, 1.807) is 0 Å². The number of nitrogens with one attached hydrogen (secondary N) is 1. The van der Waals surface area contributed by atoms with Crippen LogP contribution in [0.3, 0.4) is 0 Å². The summed E-state index contributed by atoms with van der Waals surface area (Å²) in [5, 5.41) is 3.06. The van der Waals surface area contributed by atoms with Crippen molar-refractivity contribution in [2.75, 3.05) is 25.9 Å². The monoisotopic (exact) mass is 275 g/mol. The molecule has 110 valence electrons. The van der Waals surface area contributed by atoms with Crippen LogP contribution in [0.2, 0.25) is 0 Å². The molecule has 1 unspecified atom stereocenters. The fourth-order valence-electron chi connectivity index (χ4n) is 2.73. The molecule has 1 heterocycles. The highest BCUT2D eigenvalue weighted by molar-refractivity contribution is 5.76. The maximum absolute atomic E-state index is 11.9. The molecule has 4 nitrogen and oxygen atoms in total. The minimum absolute atomic E-state index is 0.131. The average molecular weight is 275 g/mol. The van der Waals surface area contributed by atoms with E-state index in [4.69, 9.17) is 5.73 Å². The zero-order valence-electron chi connectivity index (χ0n) is 12.3. The Hall–Kier alpha value is -1.55. The number of hydrogen-bond donors (Lipinski definition) is 2. The van der Waals surface area contributed by atoms with Gasteiger partial charge < -0.3 is 16.0 Å². The Bertz CT molecular complexity index is 447. The molecule has 3 N–H and O–H groups in total. The van der Waals surface area contributed by atoms with Crippen molar-refractivity contribution in [2.24, 2.45) is 0 Å². The molecule has 1 amide bonds. The molecule has 1 aliphatic heterocycles. The van der Waals surface area contributed by atoms with Crippen molar-refractivity contribution < 1.29 is 4.79 Å². The van der Waals surface area contributed by atoms with Gasteiger partial charge in [0.05, 0.1) is 0 Å². The normalized spacial score (nSPS) is 19.8. The molecule has 0 aliphatic carbocycles. The van der Waals surface area contributed by atoms with E-state index in [9.17, 15) is 4.79 Å². The summed E-state index contributed by atoms with van der Waals surface area (Å²) in [5.74, 6) is 0.131. The number of nitrogens with zero attached hydrogens (tertiary/aromatic N) is 1. The topological polar surface area (TPSA) is 58.4 Å². The Morgan fingerprint density at radius 2 is 2.30 bits per heavy atom. The summed E-state index contributed by atoms with van der Waals surface area (Å²) >= 11 is 0. The van der Waals surface area contributed by atoms with Gasteiger partial charge in [-0.2, -0.15) is 0 Å². The quantitative estimate of drug-likeness (QED) is 0.806. The molecule has 0 spiro atoms. The number of carbonyl (C=O) groups is 1. The minimum atomic E-state index is 0.131. The lowest BCUT2D eigenvalue weighted by Gasteiger charge is -2.32. The molecule has 1 aromatic carbocycles. The van der Waals surface area contributed by atoms with Crippen LogP contribution in [0.4, 0.5) is 5.69 Å². The number of anilines is 1. The van der Waals surface area contributed by atoms with Crippen LogP contribution in [0.25, 0.3) is 0 Å². The first-order chi connectivity index (χ1) is 9.65. The number of likely N-dealkylation sites (tertiary alicyclic amines) is 1. The summed E-state index contributed by atoms with van der Waals surface area (Å²) in [6, 6.07) is 8.24. The van der Waals surface area contributed by atoms with E-state index in [0.717, 1.165) is 30.8 Å². The lowest BCUT2D eigenvalue weighted by atomic mass is 10.0. The van der Waals surface area contributed by atoms with Crippen LogP contribution in [0.5, 0.6) is 0 Å². The number of amides is 1. The largest absolute Gasteiger partial charge is 0.399 e. The van der Waals surface area contributed by atoms with E-state index in [0.29, 0.717) is 12.5 Å². The zero-order valence-corrected chi connectivity index (χ0v) is 12.3. The molecule has 1 fully saturated rings. The molecule has 20 heavy (non-hydrogen) atoms. The first kappa shape index (κ1) is 14.9. The number of piperidine rings is 1. The van der Waals surface area contributed by atoms with Crippen molar-refractivity contribution in [3.8, 4) is 0 Å². The summed E-state index contributed by atoms with van der Waals surface area (Å²) in [4.78, 5) is 14.2. The van der Waals surface area contributed by atoms with Crippen LogP contribution in [-0.4, -0.2) is 37.0 Å². The van der Waals surface area contributed by atoms with E-state index in [1.807, 2.05) is 24.3 Å². The molecule has 4 heteroatoms. The Morgan fingerprint density at radius 1 is 1.45 bits per heavy atom. The molecule has 0 radical (unpaired) electrons. The summed E-state index contributed by atoms with van der Waals surface area (Å²) in [5.41, 5.74) is 7.61. The predicted molar refractivity (Wildman–Crippen MR) is 82.5 cm³/mol. The van der Waals surface area contributed by atoms with Crippen LogP contribution in [0.1, 0.15) is 31.2 Å². The van der Waals surface area contributed by atoms with E-state index in [-0.39, 0.29) is 5.91 Å². The van der Waals surface area contributed by atoms with Gasteiger partial charge in [0, 0.05) is 24.7 Å². The van der Waals surface area contributed by atoms with E-state index < -0.39 is 0 Å². The Morgan fingerprint density at radius 3 is 3.05 bits per heavy atom. The third kappa shape index (κ3) is 4.53. The second-order valence-corrected chi connectivity index (χ2v) is 5.68. The van der Waals surface area contributed by atoms with Gasteiger partial charge in [-0.1, -0.05) is 18.6 Å². The lowest BCUT2D eigenvalue weighted by Crippen LogP contribution is -2.44. The number of benzene rings is 1. The Balaban J connectivity index is 1.70. The number of likely N-dealkylation sites (N-methyl/N-ethyl adjacent to an activating group) is 1. The summed E-state index contributed by atoms with van der Waals surface area (Å²) < 4.78 is 0. The van der Waals surface area contributed by atoms with Gasteiger partial charge in [-0.15, -0.1) is 0 Å². The molecular weight excluding hydrogens is 250 g/mol. The first-order valence-corrected chi connectivity index (χ1v) is 7.46. The van der Waals surface area contributed by atoms with E-state index >= 15 is 0 Å². The van der Waals surface area contributed by atoms with Crippen LogP contribution in [0.15, 0.2) is 24.3 Å². The van der Waals surface area contributed by atoms with Gasteiger partial charge >= 0.3 is 0 Å². The highest BCUT2D eigenvalue weighted by Crippen LogP contribution is 2.14. The second-order valence-electron chi connectivity index (χ2n) is 5.68. The summed E-state index contributed by atoms with van der Waals surface area (Å²) in [7, 11) is 2.14. The van der Waals surface area contributed by atoms with Crippen LogP contribution < -0.4 is 11.1 Å². The van der Waals surface area contributed by atoms with Gasteiger partial charge in [-0.3, -0.25) is 4.79 Å². The number of rotatable bonds is 5. The number of hydrogen-bond acceptors (Lipinski definition) is 3. The van der Waals surface area contributed by atoms with Gasteiger partial charge in [-0.25, -0.2) is 0 Å². The number of carbonyl (C=O) groups excluding carboxylic acids is 1. The lowest BCUT2D eigenvalue weighted by molar-refractivity contribution is -0.121. The first-order valence-electron chi connectivity index (χ1n) is 7.46. The summed E-state index contributed by atoms with van der Waals surface area (Å²) in [6.07, 6.45) is 5.01. The van der Waals surface area contributed by atoms with Crippen LogP contribution >= 0.6 is 0 Å². The molecule has 1 aliphatic rings.